The lowest BCUT2D eigenvalue weighted by Crippen LogP contribution is -2.23. The van der Waals surface area contributed by atoms with E-state index < -0.39 is 0 Å². The van der Waals surface area contributed by atoms with Crippen LogP contribution in [-0.2, 0) is 11.3 Å². The molecule has 104 valence electrons. The van der Waals surface area contributed by atoms with Gasteiger partial charge >= 0.3 is 6.92 Å². The molecule has 1 aromatic carbocycles. The van der Waals surface area contributed by atoms with Crippen LogP contribution in [0.25, 0.3) is 0 Å². The standard InChI is InChI=1S/C17H16BNO2/c1-4-5-15(7-6-13(2)11-19)21-16-8-9-17-14(10-16)12-20-18(17)3/h4-10H,1-2,12H2,3H3/b7-6-,15-5+. The van der Waals surface area contributed by atoms with Gasteiger partial charge in [0, 0.05) is 5.57 Å². The first-order valence-corrected chi connectivity index (χ1v) is 6.66. The van der Waals surface area contributed by atoms with Crippen molar-refractivity contribution in [1.82, 2.24) is 0 Å². The third-order valence-electron chi connectivity index (χ3n) is 3.15. The summed E-state index contributed by atoms with van der Waals surface area (Å²) in [5.74, 6) is 1.32. The number of ether oxygens (including phenoxy) is 1. The first-order chi connectivity index (χ1) is 10.1. The second-order valence-corrected chi connectivity index (χ2v) is 4.69. The van der Waals surface area contributed by atoms with Crippen molar-refractivity contribution in [2.75, 3.05) is 0 Å². The molecule has 0 saturated heterocycles. The van der Waals surface area contributed by atoms with Crippen LogP contribution < -0.4 is 10.2 Å². The van der Waals surface area contributed by atoms with Crippen LogP contribution in [0, 0.1) is 11.3 Å². The molecular weight excluding hydrogens is 261 g/mol. The Bertz CT molecular complexity index is 668. The predicted molar refractivity (Wildman–Crippen MR) is 85.3 cm³/mol. The Morgan fingerprint density at radius 2 is 2.29 bits per heavy atom. The molecule has 0 N–H and O–H groups in total. The molecule has 0 aromatic heterocycles. The van der Waals surface area contributed by atoms with Crippen molar-refractivity contribution in [2.24, 2.45) is 0 Å². The quantitative estimate of drug-likeness (QED) is 0.359. The highest BCUT2D eigenvalue weighted by molar-refractivity contribution is 6.67. The maximum atomic E-state index is 8.70. The van der Waals surface area contributed by atoms with Crippen molar-refractivity contribution in [2.45, 2.75) is 13.4 Å². The minimum atomic E-state index is 0.135. The number of hydrogen-bond donors (Lipinski definition) is 0. The lowest BCUT2D eigenvalue weighted by Gasteiger charge is -2.08. The Hall–Kier alpha value is -2.51. The molecule has 0 radical (unpaired) electrons. The van der Waals surface area contributed by atoms with Crippen molar-refractivity contribution in [3.63, 3.8) is 0 Å². The molecular formula is C17H16BNO2. The fraction of sp³-hybridized carbons (Fsp3) is 0.118. The van der Waals surface area contributed by atoms with Crippen LogP contribution in [0.1, 0.15) is 5.56 Å². The van der Waals surface area contributed by atoms with Crippen LogP contribution in [0.2, 0.25) is 6.82 Å². The largest absolute Gasteiger partial charge is 0.457 e. The summed E-state index contributed by atoms with van der Waals surface area (Å²) in [6.45, 7) is 10.0. The van der Waals surface area contributed by atoms with E-state index in [2.05, 4.69) is 13.2 Å². The van der Waals surface area contributed by atoms with Gasteiger partial charge in [0.2, 0.25) is 0 Å². The molecule has 0 aliphatic carbocycles. The number of nitrogens with zero attached hydrogens (tertiary/aromatic N) is 1. The highest BCUT2D eigenvalue weighted by atomic mass is 16.5. The summed E-state index contributed by atoms with van der Waals surface area (Å²) in [5, 5.41) is 8.70. The molecule has 0 amide bonds. The normalized spacial score (nSPS) is 13.9. The van der Waals surface area contributed by atoms with Crippen LogP contribution >= 0.6 is 0 Å². The van der Waals surface area contributed by atoms with Crippen LogP contribution in [0.3, 0.4) is 0 Å². The molecule has 0 spiro atoms. The Kier molecular flexibility index (Phi) is 4.81. The zero-order valence-electron chi connectivity index (χ0n) is 12.0. The van der Waals surface area contributed by atoms with Crippen LogP contribution in [0.15, 0.2) is 67.0 Å². The average molecular weight is 277 g/mol. The third kappa shape index (κ3) is 3.74. The molecule has 4 heteroatoms. The van der Waals surface area contributed by atoms with Gasteiger partial charge in [-0.25, -0.2) is 0 Å². The minimum absolute atomic E-state index is 0.135. The molecule has 2 rings (SSSR count). The fourth-order valence-corrected chi connectivity index (χ4v) is 2.07. The second kappa shape index (κ2) is 6.78. The van der Waals surface area contributed by atoms with Crippen LogP contribution in [-0.4, -0.2) is 6.92 Å². The number of hydrogen-bond acceptors (Lipinski definition) is 3. The van der Waals surface area contributed by atoms with Gasteiger partial charge in [-0.2, -0.15) is 5.26 Å². The Morgan fingerprint density at radius 1 is 1.48 bits per heavy atom. The van der Waals surface area contributed by atoms with Crippen molar-refractivity contribution < 1.29 is 9.39 Å². The van der Waals surface area contributed by atoms with Gasteiger partial charge in [0.05, 0.1) is 12.7 Å². The molecule has 21 heavy (non-hydrogen) atoms. The highest BCUT2D eigenvalue weighted by Crippen LogP contribution is 2.20. The number of rotatable bonds is 5. The predicted octanol–water partition coefficient (Wildman–Crippen LogP) is 3.13. The molecule has 0 unspecified atom stereocenters. The summed E-state index contributed by atoms with van der Waals surface area (Å²) < 4.78 is 11.4. The van der Waals surface area contributed by atoms with E-state index in [4.69, 9.17) is 14.7 Å². The van der Waals surface area contributed by atoms with E-state index in [-0.39, 0.29) is 6.92 Å². The van der Waals surface area contributed by atoms with Crippen molar-refractivity contribution in [1.29, 1.82) is 5.26 Å². The van der Waals surface area contributed by atoms with Gasteiger partial charge in [-0.1, -0.05) is 32.1 Å². The van der Waals surface area contributed by atoms with Gasteiger partial charge in [0.1, 0.15) is 11.5 Å². The number of nitriles is 1. The van der Waals surface area contributed by atoms with E-state index >= 15 is 0 Å². The first-order valence-electron chi connectivity index (χ1n) is 6.66. The maximum absolute atomic E-state index is 8.70. The number of allylic oxidation sites excluding steroid dienone is 5. The van der Waals surface area contributed by atoms with Gasteiger partial charge in [-0.05, 0) is 41.4 Å². The summed E-state index contributed by atoms with van der Waals surface area (Å²) in [6.07, 6.45) is 6.66. The smallest absolute Gasteiger partial charge is 0.324 e. The van der Waals surface area contributed by atoms with Crippen LogP contribution in [0.5, 0.6) is 5.75 Å². The third-order valence-corrected chi connectivity index (χ3v) is 3.15. The van der Waals surface area contributed by atoms with E-state index in [0.29, 0.717) is 17.9 Å². The number of fused-ring (bicyclic) bond motifs is 1. The zero-order chi connectivity index (χ0) is 15.2. The van der Waals surface area contributed by atoms with Gasteiger partial charge in [-0.15, -0.1) is 0 Å². The van der Waals surface area contributed by atoms with Gasteiger partial charge < -0.3 is 9.39 Å². The summed E-state index contributed by atoms with van der Waals surface area (Å²) >= 11 is 0. The highest BCUT2D eigenvalue weighted by Gasteiger charge is 2.23. The fourth-order valence-electron chi connectivity index (χ4n) is 2.07. The molecule has 0 bridgehead atoms. The average Bonchev–Trinajstić information content (AvgIpc) is 2.85. The summed E-state index contributed by atoms with van der Waals surface area (Å²) in [6, 6.07) is 7.86. The Morgan fingerprint density at radius 3 is 3.00 bits per heavy atom. The Labute approximate surface area is 125 Å². The van der Waals surface area contributed by atoms with Crippen molar-refractivity contribution in [3.8, 4) is 11.8 Å². The van der Waals surface area contributed by atoms with Gasteiger partial charge in [-0.3, -0.25) is 0 Å². The van der Waals surface area contributed by atoms with Gasteiger partial charge in [0.25, 0.3) is 0 Å². The second-order valence-electron chi connectivity index (χ2n) is 4.69. The lowest BCUT2D eigenvalue weighted by molar-refractivity contribution is 0.333. The molecule has 1 aliphatic heterocycles. The van der Waals surface area contributed by atoms with Crippen molar-refractivity contribution in [3.05, 3.63) is 72.6 Å². The molecule has 1 aromatic rings. The molecule has 3 nitrogen and oxygen atoms in total. The van der Waals surface area contributed by atoms with E-state index in [1.165, 1.54) is 5.46 Å². The molecule has 0 atom stereocenters. The molecule has 1 aliphatic rings. The molecule has 1 heterocycles. The van der Waals surface area contributed by atoms with E-state index in [1.54, 1.807) is 24.3 Å². The topological polar surface area (TPSA) is 42.2 Å². The molecule has 0 saturated carbocycles. The number of benzene rings is 1. The van der Waals surface area contributed by atoms with Gasteiger partial charge in [0.15, 0.2) is 0 Å². The SMILES string of the molecule is C=C/C=C(\C=C/C(=C)C#N)Oc1ccc2c(c1)COB2C. The van der Waals surface area contributed by atoms with E-state index in [9.17, 15) is 0 Å². The summed E-state index contributed by atoms with van der Waals surface area (Å²) in [5.41, 5.74) is 2.71. The zero-order valence-corrected chi connectivity index (χ0v) is 12.0. The lowest BCUT2D eigenvalue weighted by atomic mass is 9.64. The monoisotopic (exact) mass is 277 g/mol. The van der Waals surface area contributed by atoms with E-state index in [0.717, 1.165) is 11.3 Å². The van der Waals surface area contributed by atoms with Crippen molar-refractivity contribution >= 4 is 12.4 Å². The Balaban J connectivity index is 2.17. The summed E-state index contributed by atoms with van der Waals surface area (Å²) in [7, 11) is 0. The first kappa shape index (κ1) is 14.9. The minimum Gasteiger partial charge on any atom is -0.457 e. The summed E-state index contributed by atoms with van der Waals surface area (Å²) in [4.78, 5) is 0. The maximum Gasteiger partial charge on any atom is 0.324 e. The molecule has 0 fully saturated rings. The van der Waals surface area contributed by atoms with Crippen LogP contribution in [0.4, 0.5) is 0 Å². The van der Waals surface area contributed by atoms with E-state index in [1.807, 2.05) is 31.1 Å².